The minimum absolute atomic E-state index is 0.208. The summed E-state index contributed by atoms with van der Waals surface area (Å²) in [6, 6.07) is 14.0. The summed E-state index contributed by atoms with van der Waals surface area (Å²) in [6.07, 6.45) is 3.41. The number of rotatable bonds is 6. The van der Waals surface area contributed by atoms with E-state index in [0.29, 0.717) is 30.1 Å². The van der Waals surface area contributed by atoms with E-state index in [1.807, 2.05) is 24.3 Å². The second-order valence-corrected chi connectivity index (χ2v) is 5.77. The third kappa shape index (κ3) is 4.72. The van der Waals surface area contributed by atoms with Crippen LogP contribution in [0.1, 0.15) is 10.4 Å². The van der Waals surface area contributed by atoms with Gasteiger partial charge in [-0.1, -0.05) is 12.1 Å². The van der Waals surface area contributed by atoms with E-state index >= 15 is 0 Å². The molecule has 27 heavy (non-hydrogen) atoms. The number of hydrogen-bond acceptors (Lipinski definition) is 4. The summed E-state index contributed by atoms with van der Waals surface area (Å²) >= 11 is 0. The zero-order valence-electron chi connectivity index (χ0n) is 14.9. The molecule has 0 saturated carbocycles. The van der Waals surface area contributed by atoms with Crippen molar-refractivity contribution in [2.24, 2.45) is 0 Å². The molecule has 3 amide bonds. The molecule has 7 heteroatoms. The van der Waals surface area contributed by atoms with Crippen molar-refractivity contribution >= 4 is 28.4 Å². The average Bonchev–Trinajstić information content (AvgIpc) is 2.71. The van der Waals surface area contributed by atoms with Crippen LogP contribution in [0.15, 0.2) is 60.9 Å². The Hall–Kier alpha value is -3.61. The minimum atomic E-state index is -0.343. The SMILES string of the molecule is COc1ccc(C(=O)NCCNC(=O)Nc2cccc3ccncc23)cc1. The number of nitrogens with one attached hydrogen (secondary N) is 3. The number of aromatic nitrogens is 1. The predicted molar refractivity (Wildman–Crippen MR) is 104 cm³/mol. The van der Waals surface area contributed by atoms with Crippen molar-refractivity contribution < 1.29 is 14.3 Å². The maximum absolute atomic E-state index is 12.1. The van der Waals surface area contributed by atoms with Crippen LogP contribution in [-0.4, -0.2) is 37.1 Å². The molecule has 3 N–H and O–H groups in total. The van der Waals surface area contributed by atoms with Crippen molar-refractivity contribution in [3.63, 3.8) is 0 Å². The van der Waals surface area contributed by atoms with Gasteiger partial charge in [0.1, 0.15) is 5.75 Å². The van der Waals surface area contributed by atoms with Gasteiger partial charge < -0.3 is 20.7 Å². The summed E-state index contributed by atoms with van der Waals surface area (Å²) < 4.78 is 5.06. The predicted octanol–water partition coefficient (Wildman–Crippen LogP) is 2.79. The summed E-state index contributed by atoms with van der Waals surface area (Å²) in [5.41, 5.74) is 1.21. The van der Waals surface area contributed by atoms with Crippen LogP contribution >= 0.6 is 0 Å². The number of hydrogen-bond donors (Lipinski definition) is 3. The molecule has 0 aliphatic rings. The molecular weight excluding hydrogens is 344 g/mol. The van der Waals surface area contributed by atoms with Gasteiger partial charge in [-0.25, -0.2) is 4.79 Å². The Bertz CT molecular complexity index is 936. The van der Waals surface area contributed by atoms with Gasteiger partial charge >= 0.3 is 6.03 Å². The second-order valence-electron chi connectivity index (χ2n) is 5.77. The average molecular weight is 364 g/mol. The van der Waals surface area contributed by atoms with Gasteiger partial charge in [0.25, 0.3) is 5.91 Å². The number of urea groups is 1. The third-order valence-corrected chi connectivity index (χ3v) is 3.98. The maximum Gasteiger partial charge on any atom is 0.319 e. The van der Waals surface area contributed by atoms with E-state index in [1.165, 1.54) is 0 Å². The molecule has 3 aromatic rings. The van der Waals surface area contributed by atoms with Gasteiger partial charge in [-0.2, -0.15) is 0 Å². The monoisotopic (exact) mass is 364 g/mol. The number of anilines is 1. The molecule has 0 atom stereocenters. The van der Waals surface area contributed by atoms with Crippen LogP contribution in [0.25, 0.3) is 10.8 Å². The van der Waals surface area contributed by atoms with Gasteiger partial charge in [-0.15, -0.1) is 0 Å². The fourth-order valence-electron chi connectivity index (χ4n) is 2.59. The van der Waals surface area contributed by atoms with Crippen LogP contribution in [0, 0.1) is 0 Å². The molecular formula is C20H20N4O3. The first-order valence-corrected chi connectivity index (χ1v) is 8.47. The highest BCUT2D eigenvalue weighted by atomic mass is 16.5. The summed E-state index contributed by atoms with van der Waals surface area (Å²) in [4.78, 5) is 28.2. The molecule has 0 aliphatic carbocycles. The van der Waals surface area contributed by atoms with E-state index in [-0.39, 0.29) is 11.9 Å². The van der Waals surface area contributed by atoms with Gasteiger partial charge in [0.05, 0.1) is 12.8 Å². The number of methoxy groups -OCH3 is 1. The summed E-state index contributed by atoms with van der Waals surface area (Å²) in [5.74, 6) is 0.480. The maximum atomic E-state index is 12.1. The van der Waals surface area contributed by atoms with Gasteiger partial charge in [-0.05, 0) is 41.8 Å². The van der Waals surface area contributed by atoms with Crippen LogP contribution in [0.4, 0.5) is 10.5 Å². The molecule has 1 heterocycles. The van der Waals surface area contributed by atoms with Crippen LogP contribution < -0.4 is 20.7 Å². The summed E-state index contributed by atoms with van der Waals surface area (Å²) in [6.45, 7) is 0.617. The largest absolute Gasteiger partial charge is 0.497 e. The summed E-state index contributed by atoms with van der Waals surface area (Å²) in [5, 5.41) is 10.1. The zero-order valence-corrected chi connectivity index (χ0v) is 14.9. The molecule has 3 rings (SSSR count). The number of carbonyl (C=O) groups excluding carboxylic acids is 2. The number of benzene rings is 2. The molecule has 1 aromatic heterocycles. The van der Waals surface area contributed by atoms with E-state index in [4.69, 9.17) is 4.74 Å². The Kier molecular flexibility index (Phi) is 5.84. The number of pyridine rings is 1. The van der Waals surface area contributed by atoms with Crippen molar-refractivity contribution in [3.8, 4) is 5.75 Å². The number of ether oxygens (including phenoxy) is 1. The van der Waals surface area contributed by atoms with Crippen molar-refractivity contribution in [1.82, 2.24) is 15.6 Å². The lowest BCUT2D eigenvalue weighted by Gasteiger charge is -2.10. The standard InChI is InChI=1S/C20H20N4O3/c1-27-16-7-5-15(6-8-16)19(25)22-11-12-23-20(26)24-18-4-2-3-14-9-10-21-13-17(14)18/h2-10,13H,11-12H2,1H3,(H,22,25)(H2,23,24,26). The molecule has 0 aliphatic heterocycles. The highest BCUT2D eigenvalue weighted by Gasteiger charge is 2.07. The van der Waals surface area contributed by atoms with Gasteiger partial charge in [-0.3, -0.25) is 9.78 Å². The van der Waals surface area contributed by atoms with Crippen molar-refractivity contribution in [3.05, 3.63) is 66.5 Å². The normalized spacial score (nSPS) is 10.3. The lowest BCUT2D eigenvalue weighted by molar-refractivity contribution is 0.0954. The smallest absolute Gasteiger partial charge is 0.319 e. The van der Waals surface area contributed by atoms with Crippen molar-refractivity contribution in [2.45, 2.75) is 0 Å². The molecule has 0 saturated heterocycles. The Morgan fingerprint density at radius 2 is 1.78 bits per heavy atom. The molecule has 0 fully saturated rings. The molecule has 0 spiro atoms. The van der Waals surface area contributed by atoms with Crippen LogP contribution in [0.5, 0.6) is 5.75 Å². The first-order valence-electron chi connectivity index (χ1n) is 8.47. The fraction of sp³-hybridized carbons (Fsp3) is 0.150. The highest BCUT2D eigenvalue weighted by Crippen LogP contribution is 2.21. The van der Waals surface area contributed by atoms with Crippen molar-refractivity contribution in [2.75, 3.05) is 25.5 Å². The van der Waals surface area contributed by atoms with E-state index in [2.05, 4.69) is 20.9 Å². The Labute approximate surface area is 156 Å². The van der Waals surface area contributed by atoms with E-state index in [9.17, 15) is 9.59 Å². The van der Waals surface area contributed by atoms with Crippen molar-refractivity contribution in [1.29, 1.82) is 0 Å². The van der Waals surface area contributed by atoms with E-state index < -0.39 is 0 Å². The topological polar surface area (TPSA) is 92.4 Å². The second kappa shape index (κ2) is 8.66. The molecule has 2 aromatic carbocycles. The lowest BCUT2D eigenvalue weighted by atomic mass is 10.1. The molecule has 138 valence electrons. The van der Waals surface area contributed by atoms with Gasteiger partial charge in [0.15, 0.2) is 0 Å². The number of amides is 3. The lowest BCUT2D eigenvalue weighted by Crippen LogP contribution is -2.36. The van der Waals surface area contributed by atoms with Crippen LogP contribution in [0.3, 0.4) is 0 Å². The van der Waals surface area contributed by atoms with Gasteiger partial charge in [0.2, 0.25) is 0 Å². The van der Waals surface area contributed by atoms with E-state index in [1.54, 1.807) is 43.8 Å². The number of fused-ring (bicyclic) bond motifs is 1. The van der Waals surface area contributed by atoms with Crippen LogP contribution in [0.2, 0.25) is 0 Å². The first-order chi connectivity index (χ1) is 13.2. The Balaban J connectivity index is 1.46. The molecule has 0 unspecified atom stereocenters. The quantitative estimate of drug-likeness (QED) is 0.587. The molecule has 0 radical (unpaired) electrons. The summed E-state index contributed by atoms with van der Waals surface area (Å²) in [7, 11) is 1.57. The molecule has 7 nitrogen and oxygen atoms in total. The van der Waals surface area contributed by atoms with Crippen LogP contribution in [-0.2, 0) is 0 Å². The Morgan fingerprint density at radius 1 is 1.00 bits per heavy atom. The van der Waals surface area contributed by atoms with E-state index in [0.717, 1.165) is 10.8 Å². The number of nitrogens with zero attached hydrogens (tertiary/aromatic N) is 1. The first kappa shape index (κ1) is 18.2. The minimum Gasteiger partial charge on any atom is -0.497 e. The molecule has 0 bridgehead atoms. The fourth-order valence-corrected chi connectivity index (χ4v) is 2.59. The third-order valence-electron chi connectivity index (χ3n) is 3.98. The number of carbonyl (C=O) groups is 2. The highest BCUT2D eigenvalue weighted by molar-refractivity contribution is 6.01. The van der Waals surface area contributed by atoms with Gasteiger partial charge in [0, 0.05) is 36.4 Å². The zero-order chi connectivity index (χ0) is 19.1. The Morgan fingerprint density at radius 3 is 2.56 bits per heavy atom.